The second kappa shape index (κ2) is 8.36. The van der Waals surface area contributed by atoms with Crippen LogP contribution in [0.5, 0.6) is 0 Å². The maximum Gasteiger partial charge on any atom is 0.255 e. The zero-order valence-corrected chi connectivity index (χ0v) is 16.3. The molecule has 5 heteroatoms. The van der Waals surface area contributed by atoms with Gasteiger partial charge in [0.15, 0.2) is 5.60 Å². The van der Waals surface area contributed by atoms with E-state index in [0.717, 1.165) is 45.4 Å². The van der Waals surface area contributed by atoms with Crippen molar-refractivity contribution in [2.75, 3.05) is 46.8 Å². The molecule has 2 heterocycles. The van der Waals surface area contributed by atoms with Gasteiger partial charge in [-0.05, 0) is 71.6 Å². The third kappa shape index (κ3) is 4.75. The van der Waals surface area contributed by atoms with E-state index in [-0.39, 0.29) is 5.91 Å². The molecule has 1 atom stereocenters. The Kier molecular flexibility index (Phi) is 6.39. The third-order valence-electron chi connectivity index (χ3n) is 6.73. The van der Waals surface area contributed by atoms with Crippen LogP contribution in [0.2, 0.25) is 0 Å². The van der Waals surface area contributed by atoms with E-state index in [4.69, 9.17) is 0 Å². The van der Waals surface area contributed by atoms with Crippen molar-refractivity contribution in [1.82, 2.24) is 14.7 Å². The molecule has 144 valence electrons. The summed E-state index contributed by atoms with van der Waals surface area (Å²) in [6.45, 7) is 4.39. The first-order valence-corrected chi connectivity index (χ1v) is 10.4. The highest BCUT2D eigenvalue weighted by molar-refractivity contribution is 5.86. The van der Waals surface area contributed by atoms with Crippen LogP contribution < -0.4 is 0 Å². The Morgan fingerprint density at radius 1 is 1.08 bits per heavy atom. The van der Waals surface area contributed by atoms with Gasteiger partial charge in [-0.1, -0.05) is 19.3 Å². The molecule has 5 nitrogen and oxygen atoms in total. The molecule has 3 fully saturated rings. The van der Waals surface area contributed by atoms with Crippen molar-refractivity contribution < 1.29 is 9.90 Å². The van der Waals surface area contributed by atoms with Crippen LogP contribution >= 0.6 is 0 Å². The van der Waals surface area contributed by atoms with Gasteiger partial charge in [0.2, 0.25) is 0 Å². The monoisotopic (exact) mass is 351 g/mol. The lowest BCUT2D eigenvalue weighted by atomic mass is 9.86. The largest absolute Gasteiger partial charge is 0.379 e. The van der Waals surface area contributed by atoms with E-state index in [1.54, 1.807) is 0 Å². The third-order valence-corrected chi connectivity index (χ3v) is 6.73. The molecule has 0 radical (unpaired) electrons. The fourth-order valence-corrected chi connectivity index (χ4v) is 5.04. The van der Waals surface area contributed by atoms with Crippen LogP contribution in [0.15, 0.2) is 0 Å². The zero-order valence-electron chi connectivity index (χ0n) is 16.3. The molecule has 25 heavy (non-hydrogen) atoms. The summed E-state index contributed by atoms with van der Waals surface area (Å²) in [6.07, 6.45) is 10.2. The minimum Gasteiger partial charge on any atom is -0.379 e. The molecule has 1 saturated carbocycles. The SMILES string of the molecule is CN1CCC(N(C)CC2(O)CCCN(CC3CCCCC3)C2=O)CC1. The Hall–Kier alpha value is -0.650. The van der Waals surface area contributed by atoms with E-state index in [1.807, 2.05) is 4.90 Å². The van der Waals surface area contributed by atoms with Crippen molar-refractivity contribution in [2.45, 2.75) is 69.4 Å². The number of nitrogens with zero attached hydrogens (tertiary/aromatic N) is 3. The molecule has 0 aromatic carbocycles. The first kappa shape index (κ1) is 19.1. The van der Waals surface area contributed by atoms with E-state index in [1.165, 1.54) is 32.1 Å². The Morgan fingerprint density at radius 2 is 1.76 bits per heavy atom. The van der Waals surface area contributed by atoms with Crippen molar-refractivity contribution in [1.29, 1.82) is 0 Å². The van der Waals surface area contributed by atoms with Crippen molar-refractivity contribution in [3.8, 4) is 0 Å². The summed E-state index contributed by atoms with van der Waals surface area (Å²) in [7, 11) is 4.25. The van der Waals surface area contributed by atoms with Crippen LogP contribution in [0.1, 0.15) is 57.8 Å². The Morgan fingerprint density at radius 3 is 2.44 bits per heavy atom. The lowest BCUT2D eigenvalue weighted by molar-refractivity contribution is -0.161. The summed E-state index contributed by atoms with van der Waals surface area (Å²) in [5, 5.41) is 11.1. The Labute approximate surface area is 153 Å². The van der Waals surface area contributed by atoms with Gasteiger partial charge in [0.1, 0.15) is 0 Å². The number of hydrogen-bond acceptors (Lipinski definition) is 4. The molecule has 2 saturated heterocycles. The summed E-state index contributed by atoms with van der Waals surface area (Å²) in [6, 6.07) is 0.488. The van der Waals surface area contributed by atoms with Gasteiger partial charge in [-0.25, -0.2) is 0 Å². The van der Waals surface area contributed by atoms with Crippen LogP contribution in [-0.2, 0) is 4.79 Å². The van der Waals surface area contributed by atoms with E-state index in [0.29, 0.717) is 24.9 Å². The molecule has 3 rings (SSSR count). The molecule has 0 aromatic heterocycles. The van der Waals surface area contributed by atoms with Crippen LogP contribution in [0, 0.1) is 5.92 Å². The molecule has 1 unspecified atom stereocenters. The summed E-state index contributed by atoms with van der Waals surface area (Å²) >= 11 is 0. The van der Waals surface area contributed by atoms with Gasteiger partial charge in [0.25, 0.3) is 5.91 Å². The smallest absolute Gasteiger partial charge is 0.255 e. The fourth-order valence-electron chi connectivity index (χ4n) is 5.04. The van der Waals surface area contributed by atoms with Crippen LogP contribution in [0.3, 0.4) is 0 Å². The fraction of sp³-hybridized carbons (Fsp3) is 0.950. The second-order valence-corrected chi connectivity index (χ2v) is 8.84. The number of aliphatic hydroxyl groups is 1. The van der Waals surface area contributed by atoms with Gasteiger partial charge < -0.3 is 14.9 Å². The maximum absolute atomic E-state index is 13.0. The first-order valence-electron chi connectivity index (χ1n) is 10.4. The highest BCUT2D eigenvalue weighted by Crippen LogP contribution is 2.29. The van der Waals surface area contributed by atoms with Gasteiger partial charge in [0.05, 0.1) is 0 Å². The van der Waals surface area contributed by atoms with Gasteiger partial charge >= 0.3 is 0 Å². The topological polar surface area (TPSA) is 47.0 Å². The number of piperidine rings is 2. The van der Waals surface area contributed by atoms with E-state index in [9.17, 15) is 9.90 Å². The average Bonchev–Trinajstić information content (AvgIpc) is 2.60. The molecule has 2 aliphatic heterocycles. The molecule has 1 N–H and O–H groups in total. The number of hydrogen-bond donors (Lipinski definition) is 1. The second-order valence-electron chi connectivity index (χ2n) is 8.84. The normalized spacial score (nSPS) is 31.0. The summed E-state index contributed by atoms with van der Waals surface area (Å²) in [4.78, 5) is 19.6. The van der Waals surface area contributed by atoms with Crippen molar-refractivity contribution >= 4 is 5.91 Å². The Balaban J connectivity index is 1.56. The van der Waals surface area contributed by atoms with Crippen LogP contribution in [0.4, 0.5) is 0 Å². The Bertz CT molecular complexity index is 444. The lowest BCUT2D eigenvalue weighted by Crippen LogP contribution is -2.60. The number of likely N-dealkylation sites (N-methyl/N-ethyl adjacent to an activating group) is 1. The van der Waals surface area contributed by atoms with Crippen LogP contribution in [0.25, 0.3) is 0 Å². The van der Waals surface area contributed by atoms with E-state index >= 15 is 0 Å². The maximum atomic E-state index is 13.0. The molecule has 0 aromatic rings. The molecule has 0 spiro atoms. The van der Waals surface area contributed by atoms with Gasteiger partial charge in [0, 0.05) is 25.7 Å². The quantitative estimate of drug-likeness (QED) is 0.822. The van der Waals surface area contributed by atoms with Gasteiger partial charge in [-0.3, -0.25) is 9.69 Å². The van der Waals surface area contributed by atoms with Gasteiger partial charge in [-0.2, -0.15) is 0 Å². The molecule has 1 amide bonds. The number of amides is 1. The minimum atomic E-state index is -1.18. The standard InChI is InChI=1S/C20H37N3O2/c1-21-13-9-18(10-14-21)22(2)16-20(25)11-6-12-23(19(20)24)15-17-7-4-3-5-8-17/h17-18,25H,3-16H2,1-2H3. The minimum absolute atomic E-state index is 0.0101. The summed E-state index contributed by atoms with van der Waals surface area (Å²) in [5.41, 5.74) is -1.18. The molecular weight excluding hydrogens is 314 g/mol. The number of carbonyl (C=O) groups is 1. The van der Waals surface area contributed by atoms with Crippen LogP contribution in [-0.4, -0.2) is 84.2 Å². The average molecular weight is 352 g/mol. The molecular formula is C20H37N3O2. The van der Waals surface area contributed by atoms with E-state index < -0.39 is 5.60 Å². The predicted octanol–water partition coefficient (Wildman–Crippen LogP) is 1.95. The van der Waals surface area contributed by atoms with Crippen molar-refractivity contribution in [3.63, 3.8) is 0 Å². The lowest BCUT2D eigenvalue weighted by Gasteiger charge is -2.44. The summed E-state index contributed by atoms with van der Waals surface area (Å²) in [5.74, 6) is 0.635. The highest BCUT2D eigenvalue weighted by Gasteiger charge is 2.44. The number of carbonyl (C=O) groups excluding carboxylic acids is 1. The van der Waals surface area contributed by atoms with Crippen molar-refractivity contribution in [3.05, 3.63) is 0 Å². The first-order chi connectivity index (χ1) is 12.0. The molecule has 3 aliphatic rings. The number of likely N-dealkylation sites (tertiary alicyclic amines) is 2. The molecule has 0 bridgehead atoms. The molecule has 1 aliphatic carbocycles. The zero-order chi connectivity index (χ0) is 17.9. The van der Waals surface area contributed by atoms with Gasteiger partial charge in [-0.15, -0.1) is 0 Å². The van der Waals surface area contributed by atoms with Crippen molar-refractivity contribution in [2.24, 2.45) is 5.92 Å². The highest BCUT2D eigenvalue weighted by atomic mass is 16.3. The van der Waals surface area contributed by atoms with E-state index in [2.05, 4.69) is 23.9 Å². The summed E-state index contributed by atoms with van der Waals surface area (Å²) < 4.78 is 0. The number of rotatable bonds is 5. The predicted molar refractivity (Wildman–Crippen MR) is 100 cm³/mol.